The van der Waals surface area contributed by atoms with Crippen molar-refractivity contribution in [3.05, 3.63) is 0 Å². The van der Waals surface area contributed by atoms with Gasteiger partial charge in [-0.05, 0) is 31.6 Å². The van der Waals surface area contributed by atoms with Crippen LogP contribution >= 0.6 is 0 Å². The maximum absolute atomic E-state index is 9.70. The van der Waals surface area contributed by atoms with Gasteiger partial charge in [-0.3, -0.25) is 5.43 Å². The lowest BCUT2D eigenvalue weighted by atomic mass is 10.2. The van der Waals surface area contributed by atoms with Gasteiger partial charge in [0, 0.05) is 26.2 Å². The summed E-state index contributed by atoms with van der Waals surface area (Å²) in [6.45, 7) is 4.13. The van der Waals surface area contributed by atoms with Crippen LogP contribution in [0.4, 0.5) is 0 Å². The van der Waals surface area contributed by atoms with E-state index in [0.29, 0.717) is 13.2 Å². The molecule has 4 nitrogen and oxygen atoms in total. The van der Waals surface area contributed by atoms with E-state index in [2.05, 4.69) is 10.4 Å². The van der Waals surface area contributed by atoms with Crippen LogP contribution in [0.3, 0.4) is 0 Å². The molecule has 0 aromatic rings. The van der Waals surface area contributed by atoms with Crippen LogP contribution in [0.15, 0.2) is 0 Å². The van der Waals surface area contributed by atoms with Gasteiger partial charge in [0.1, 0.15) is 0 Å². The Balaban J connectivity index is 1.46. The summed E-state index contributed by atoms with van der Waals surface area (Å²) >= 11 is 0. The highest BCUT2D eigenvalue weighted by Gasteiger charge is 2.21. The molecule has 4 heteroatoms. The van der Waals surface area contributed by atoms with Crippen molar-refractivity contribution in [2.75, 3.05) is 32.8 Å². The summed E-state index contributed by atoms with van der Waals surface area (Å²) in [5.74, 6) is 0.780. The Bertz CT molecular complexity index is 191. The lowest BCUT2D eigenvalue weighted by molar-refractivity contribution is 0.0179. The van der Waals surface area contributed by atoms with Crippen LogP contribution in [0.1, 0.15) is 32.1 Å². The highest BCUT2D eigenvalue weighted by atomic mass is 16.5. The van der Waals surface area contributed by atoms with E-state index in [4.69, 9.17) is 4.74 Å². The number of rotatable bonds is 7. The number of aliphatic hydroxyl groups is 1. The van der Waals surface area contributed by atoms with E-state index in [0.717, 1.165) is 25.6 Å². The van der Waals surface area contributed by atoms with Crippen molar-refractivity contribution in [1.29, 1.82) is 0 Å². The molecule has 1 saturated heterocycles. The van der Waals surface area contributed by atoms with Gasteiger partial charge in [-0.1, -0.05) is 6.42 Å². The number of nitrogens with zero attached hydrogens (tertiary/aromatic N) is 1. The summed E-state index contributed by atoms with van der Waals surface area (Å²) in [6, 6.07) is 0. The van der Waals surface area contributed by atoms with Gasteiger partial charge in [0.25, 0.3) is 0 Å². The van der Waals surface area contributed by atoms with E-state index < -0.39 is 0 Å². The minimum atomic E-state index is -0.374. The Hall–Kier alpha value is -0.160. The van der Waals surface area contributed by atoms with E-state index >= 15 is 0 Å². The second-order valence-electron chi connectivity index (χ2n) is 5.04. The summed E-state index contributed by atoms with van der Waals surface area (Å²) in [6.07, 6.45) is 6.11. The topological polar surface area (TPSA) is 44.7 Å². The predicted molar refractivity (Wildman–Crippen MR) is 63.0 cm³/mol. The van der Waals surface area contributed by atoms with Crippen molar-refractivity contribution in [2.45, 2.75) is 38.2 Å². The van der Waals surface area contributed by atoms with Crippen molar-refractivity contribution in [3.8, 4) is 0 Å². The molecule has 0 spiro atoms. The summed E-state index contributed by atoms with van der Waals surface area (Å²) in [5.41, 5.74) is 3.28. The summed E-state index contributed by atoms with van der Waals surface area (Å²) < 4.78 is 5.45. The van der Waals surface area contributed by atoms with E-state index in [1.807, 2.05) is 0 Å². The maximum Gasteiger partial charge on any atom is 0.0911 e. The summed E-state index contributed by atoms with van der Waals surface area (Å²) in [5, 5.41) is 11.9. The van der Waals surface area contributed by atoms with Crippen molar-refractivity contribution < 1.29 is 9.84 Å². The fourth-order valence-electron chi connectivity index (χ4n) is 2.00. The van der Waals surface area contributed by atoms with Crippen molar-refractivity contribution in [2.24, 2.45) is 5.92 Å². The molecule has 16 heavy (non-hydrogen) atoms. The fraction of sp³-hybridized carbons (Fsp3) is 1.00. The molecule has 0 aromatic carbocycles. The van der Waals surface area contributed by atoms with Gasteiger partial charge in [-0.2, -0.15) is 0 Å². The predicted octanol–water partition coefficient (Wildman–Crippen LogP) is 0.764. The Morgan fingerprint density at radius 1 is 1.25 bits per heavy atom. The Morgan fingerprint density at radius 2 is 2.00 bits per heavy atom. The zero-order valence-electron chi connectivity index (χ0n) is 10.0. The Labute approximate surface area is 97.9 Å². The molecule has 1 unspecified atom stereocenters. The van der Waals surface area contributed by atoms with Gasteiger partial charge in [-0.15, -0.1) is 0 Å². The van der Waals surface area contributed by atoms with Crippen LogP contribution in [-0.2, 0) is 4.74 Å². The number of hydrogen-bond donors (Lipinski definition) is 2. The monoisotopic (exact) mass is 228 g/mol. The SMILES string of the molecule is OC(CNN1CCCCC1)COCC1CC1. The largest absolute Gasteiger partial charge is 0.389 e. The number of piperidine rings is 1. The molecule has 2 rings (SSSR count). The van der Waals surface area contributed by atoms with Crippen molar-refractivity contribution >= 4 is 0 Å². The first-order valence-corrected chi connectivity index (χ1v) is 6.59. The quantitative estimate of drug-likeness (QED) is 0.675. The van der Waals surface area contributed by atoms with Gasteiger partial charge in [0.2, 0.25) is 0 Å². The van der Waals surface area contributed by atoms with E-state index in [1.54, 1.807) is 0 Å². The number of hydrogen-bond acceptors (Lipinski definition) is 4. The van der Waals surface area contributed by atoms with Crippen molar-refractivity contribution in [3.63, 3.8) is 0 Å². The van der Waals surface area contributed by atoms with E-state index in [1.165, 1.54) is 32.1 Å². The highest BCUT2D eigenvalue weighted by molar-refractivity contribution is 4.72. The smallest absolute Gasteiger partial charge is 0.0911 e. The van der Waals surface area contributed by atoms with Crippen LogP contribution in [-0.4, -0.2) is 49.1 Å². The Morgan fingerprint density at radius 3 is 2.69 bits per heavy atom. The van der Waals surface area contributed by atoms with Crippen LogP contribution in [0.25, 0.3) is 0 Å². The minimum absolute atomic E-state index is 0.374. The molecule has 0 aromatic heterocycles. The third kappa shape index (κ3) is 4.78. The van der Waals surface area contributed by atoms with E-state index in [-0.39, 0.29) is 6.10 Å². The number of hydrazine groups is 1. The summed E-state index contributed by atoms with van der Waals surface area (Å²) in [7, 11) is 0. The minimum Gasteiger partial charge on any atom is -0.389 e. The molecule has 2 fully saturated rings. The molecule has 1 aliphatic carbocycles. The molecule has 1 atom stereocenters. The lowest BCUT2D eigenvalue weighted by Gasteiger charge is -2.28. The third-order valence-electron chi connectivity index (χ3n) is 3.27. The van der Waals surface area contributed by atoms with Gasteiger partial charge in [-0.25, -0.2) is 5.01 Å². The van der Waals surface area contributed by atoms with Gasteiger partial charge in [0.05, 0.1) is 12.7 Å². The molecular formula is C12H24N2O2. The average Bonchev–Trinajstić information content (AvgIpc) is 3.12. The van der Waals surface area contributed by atoms with Crippen LogP contribution in [0.5, 0.6) is 0 Å². The first-order chi connectivity index (χ1) is 7.84. The second-order valence-corrected chi connectivity index (χ2v) is 5.04. The van der Waals surface area contributed by atoms with Gasteiger partial charge < -0.3 is 9.84 Å². The number of ether oxygens (including phenoxy) is 1. The fourth-order valence-corrected chi connectivity index (χ4v) is 2.00. The average molecular weight is 228 g/mol. The zero-order valence-corrected chi connectivity index (χ0v) is 10.0. The highest BCUT2D eigenvalue weighted by Crippen LogP contribution is 2.28. The van der Waals surface area contributed by atoms with Gasteiger partial charge >= 0.3 is 0 Å². The van der Waals surface area contributed by atoms with E-state index in [9.17, 15) is 5.11 Å². The molecule has 1 aliphatic heterocycles. The lowest BCUT2D eigenvalue weighted by Crippen LogP contribution is -2.45. The summed E-state index contributed by atoms with van der Waals surface area (Å²) in [4.78, 5) is 0. The molecule has 1 saturated carbocycles. The normalized spacial score (nSPS) is 24.6. The number of nitrogens with one attached hydrogen (secondary N) is 1. The first kappa shape index (κ1) is 12.3. The maximum atomic E-state index is 9.70. The second kappa shape index (κ2) is 6.55. The number of aliphatic hydroxyl groups excluding tert-OH is 1. The standard InChI is InChI=1S/C12H24N2O2/c15-12(10-16-9-11-4-5-11)8-13-14-6-2-1-3-7-14/h11-13,15H,1-10H2. The molecule has 94 valence electrons. The van der Waals surface area contributed by atoms with Crippen LogP contribution in [0, 0.1) is 5.92 Å². The third-order valence-corrected chi connectivity index (χ3v) is 3.27. The van der Waals surface area contributed by atoms with Gasteiger partial charge in [0.15, 0.2) is 0 Å². The molecule has 0 amide bonds. The van der Waals surface area contributed by atoms with Crippen LogP contribution < -0.4 is 5.43 Å². The molecular weight excluding hydrogens is 204 g/mol. The molecule has 1 heterocycles. The zero-order chi connectivity index (χ0) is 11.2. The van der Waals surface area contributed by atoms with Crippen LogP contribution in [0.2, 0.25) is 0 Å². The molecule has 2 aliphatic rings. The Kier molecular flexibility index (Phi) is 5.03. The molecule has 2 N–H and O–H groups in total. The first-order valence-electron chi connectivity index (χ1n) is 6.59. The molecule has 0 radical (unpaired) electrons. The molecule has 0 bridgehead atoms. The van der Waals surface area contributed by atoms with Crippen molar-refractivity contribution in [1.82, 2.24) is 10.4 Å².